The first-order chi connectivity index (χ1) is 8.21. The summed E-state index contributed by atoms with van der Waals surface area (Å²) in [6, 6.07) is 1.88. The molecule has 0 bridgehead atoms. The Labute approximate surface area is 114 Å². The van der Waals surface area contributed by atoms with Crippen molar-refractivity contribution in [2.24, 2.45) is 0 Å². The van der Waals surface area contributed by atoms with Gasteiger partial charge >= 0.3 is 5.97 Å². The maximum Gasteiger partial charge on any atom is 0.354 e. The number of carboxylic acid groups (broad SMARTS) is 1. The van der Waals surface area contributed by atoms with Gasteiger partial charge in [-0.2, -0.15) is 0 Å². The van der Waals surface area contributed by atoms with Gasteiger partial charge < -0.3 is 5.11 Å². The number of aryl methyl sites for hydroxylation is 1. The number of hydrogen-bond acceptors (Lipinski definition) is 2. The molecule has 2 aromatic rings. The van der Waals surface area contributed by atoms with Gasteiger partial charge in [0.25, 0.3) is 0 Å². The van der Waals surface area contributed by atoms with Crippen molar-refractivity contribution in [3.63, 3.8) is 0 Å². The molecule has 0 spiro atoms. The normalized spacial score (nSPS) is 12.1. The molecular weight excluding hydrogens is 296 g/mol. The van der Waals surface area contributed by atoms with Gasteiger partial charge in [-0.15, -0.1) is 0 Å². The van der Waals surface area contributed by atoms with Crippen molar-refractivity contribution in [1.29, 1.82) is 0 Å². The van der Waals surface area contributed by atoms with Gasteiger partial charge in [0.1, 0.15) is 5.65 Å². The lowest BCUT2D eigenvalue weighted by atomic mass is 9.91. The van der Waals surface area contributed by atoms with Crippen LogP contribution in [-0.2, 0) is 5.41 Å². The Morgan fingerprint density at radius 3 is 2.56 bits per heavy atom. The Kier molecular flexibility index (Phi) is 2.97. The highest BCUT2D eigenvalue weighted by molar-refractivity contribution is 9.10. The second-order valence-electron chi connectivity index (χ2n) is 5.40. The second-order valence-corrected chi connectivity index (χ2v) is 6.25. The van der Waals surface area contributed by atoms with E-state index in [4.69, 9.17) is 0 Å². The third-order valence-corrected chi connectivity index (χ3v) is 3.65. The summed E-state index contributed by atoms with van der Waals surface area (Å²) in [4.78, 5) is 15.9. The van der Waals surface area contributed by atoms with Crippen LogP contribution in [0.3, 0.4) is 0 Å². The molecule has 0 saturated heterocycles. The summed E-state index contributed by atoms with van der Waals surface area (Å²) in [7, 11) is 0. The van der Waals surface area contributed by atoms with Crippen LogP contribution in [-0.4, -0.2) is 20.5 Å². The van der Waals surface area contributed by atoms with Crippen molar-refractivity contribution in [3.05, 3.63) is 33.7 Å². The molecule has 0 unspecified atom stereocenters. The van der Waals surface area contributed by atoms with Gasteiger partial charge in [0.2, 0.25) is 0 Å². The Morgan fingerprint density at radius 1 is 1.44 bits per heavy atom. The van der Waals surface area contributed by atoms with Gasteiger partial charge in [-0.3, -0.25) is 4.40 Å². The number of imidazole rings is 1. The summed E-state index contributed by atoms with van der Waals surface area (Å²) in [6.07, 6.45) is 1.76. The first-order valence-electron chi connectivity index (χ1n) is 5.64. The minimum Gasteiger partial charge on any atom is -0.477 e. The summed E-state index contributed by atoms with van der Waals surface area (Å²) in [5.41, 5.74) is 2.23. The molecule has 0 saturated carbocycles. The number of pyridine rings is 1. The van der Waals surface area contributed by atoms with Crippen molar-refractivity contribution < 1.29 is 9.90 Å². The van der Waals surface area contributed by atoms with Crippen LogP contribution in [0, 0.1) is 6.92 Å². The molecule has 0 atom stereocenters. The molecule has 0 aliphatic heterocycles. The highest BCUT2D eigenvalue weighted by atomic mass is 79.9. The number of carbonyl (C=O) groups is 1. The van der Waals surface area contributed by atoms with E-state index in [0.29, 0.717) is 11.3 Å². The smallest absolute Gasteiger partial charge is 0.354 e. The molecule has 2 rings (SSSR count). The number of carboxylic acids is 1. The van der Waals surface area contributed by atoms with Gasteiger partial charge in [-0.1, -0.05) is 20.8 Å². The first kappa shape index (κ1) is 13.1. The zero-order valence-corrected chi connectivity index (χ0v) is 12.4. The van der Waals surface area contributed by atoms with E-state index in [2.05, 4.69) is 20.9 Å². The minimum atomic E-state index is -0.955. The summed E-state index contributed by atoms with van der Waals surface area (Å²) in [6.45, 7) is 7.84. The number of aromatic carboxylic acids is 1. The Bertz CT molecular complexity index is 638. The van der Waals surface area contributed by atoms with Crippen molar-refractivity contribution in [2.45, 2.75) is 33.1 Å². The van der Waals surface area contributed by atoms with E-state index in [1.54, 1.807) is 10.6 Å². The van der Waals surface area contributed by atoms with Crippen molar-refractivity contribution in [3.8, 4) is 0 Å². The first-order valence-corrected chi connectivity index (χ1v) is 6.43. The van der Waals surface area contributed by atoms with E-state index in [0.717, 1.165) is 10.0 Å². The van der Waals surface area contributed by atoms with Crippen LogP contribution in [0.4, 0.5) is 0 Å². The second kappa shape index (κ2) is 4.09. The predicted octanol–water partition coefficient (Wildman–Crippen LogP) is 3.40. The number of hydrogen-bond donors (Lipinski definition) is 1. The maximum absolute atomic E-state index is 11.5. The quantitative estimate of drug-likeness (QED) is 0.878. The molecule has 0 aromatic carbocycles. The molecule has 2 aromatic heterocycles. The molecule has 0 aliphatic carbocycles. The predicted molar refractivity (Wildman–Crippen MR) is 73.3 cm³/mol. The molecule has 0 amide bonds. The molecule has 0 radical (unpaired) electrons. The highest BCUT2D eigenvalue weighted by Gasteiger charge is 2.27. The van der Waals surface area contributed by atoms with E-state index in [1.807, 2.05) is 33.8 Å². The van der Waals surface area contributed by atoms with Crippen molar-refractivity contribution >= 4 is 27.5 Å². The zero-order chi connectivity index (χ0) is 13.7. The van der Waals surface area contributed by atoms with Crippen LogP contribution < -0.4 is 0 Å². The van der Waals surface area contributed by atoms with Gasteiger partial charge in [-0.05, 0) is 34.5 Å². The number of aromatic nitrogens is 2. The molecule has 18 heavy (non-hydrogen) atoms. The van der Waals surface area contributed by atoms with Crippen LogP contribution in [0.1, 0.15) is 42.5 Å². The highest BCUT2D eigenvalue weighted by Crippen LogP contribution is 2.28. The largest absolute Gasteiger partial charge is 0.477 e. The van der Waals surface area contributed by atoms with Crippen molar-refractivity contribution in [2.75, 3.05) is 0 Å². The lowest BCUT2D eigenvalue weighted by Crippen LogP contribution is -2.17. The number of rotatable bonds is 1. The van der Waals surface area contributed by atoms with Gasteiger partial charge in [-0.25, -0.2) is 9.78 Å². The summed E-state index contributed by atoms with van der Waals surface area (Å²) in [5.74, 6) is -0.955. The standard InChI is InChI=1S/C13H15BrN2O2/c1-7-5-9-15-11(13(2,3)4)10(12(17)18)16(9)6-8(7)14/h5-6H,1-4H3,(H,17,18). The zero-order valence-electron chi connectivity index (χ0n) is 10.8. The third-order valence-electron chi connectivity index (χ3n) is 2.82. The average Bonchev–Trinajstić information content (AvgIpc) is 2.56. The fourth-order valence-corrected chi connectivity index (χ4v) is 2.21. The van der Waals surface area contributed by atoms with Crippen LogP contribution in [0.2, 0.25) is 0 Å². The summed E-state index contributed by atoms with van der Waals surface area (Å²) < 4.78 is 2.50. The fraction of sp³-hybridized carbons (Fsp3) is 0.385. The third kappa shape index (κ3) is 2.03. The van der Waals surface area contributed by atoms with Gasteiger partial charge in [0, 0.05) is 16.1 Å². The van der Waals surface area contributed by atoms with Crippen LogP contribution in [0.15, 0.2) is 16.7 Å². The van der Waals surface area contributed by atoms with E-state index in [1.165, 1.54) is 0 Å². The maximum atomic E-state index is 11.5. The monoisotopic (exact) mass is 310 g/mol. The molecule has 4 nitrogen and oxygen atoms in total. The van der Waals surface area contributed by atoms with E-state index >= 15 is 0 Å². The fourth-order valence-electron chi connectivity index (χ4n) is 1.89. The SMILES string of the molecule is Cc1cc2nc(C(C)(C)C)c(C(=O)O)n2cc1Br. The molecular formula is C13H15BrN2O2. The molecule has 0 fully saturated rings. The van der Waals surface area contributed by atoms with E-state index in [9.17, 15) is 9.90 Å². The Balaban J connectivity index is 2.89. The van der Waals surface area contributed by atoms with Crippen LogP contribution in [0.25, 0.3) is 5.65 Å². The summed E-state index contributed by atoms with van der Waals surface area (Å²) >= 11 is 3.42. The lowest BCUT2D eigenvalue weighted by Gasteiger charge is -2.16. The average molecular weight is 311 g/mol. The molecule has 5 heteroatoms. The minimum absolute atomic E-state index is 0.234. The van der Waals surface area contributed by atoms with Crippen LogP contribution in [0.5, 0.6) is 0 Å². The van der Waals surface area contributed by atoms with Crippen LogP contribution >= 0.6 is 15.9 Å². The number of nitrogens with zero attached hydrogens (tertiary/aromatic N) is 2. The molecule has 2 heterocycles. The van der Waals surface area contributed by atoms with E-state index in [-0.39, 0.29) is 11.1 Å². The number of fused-ring (bicyclic) bond motifs is 1. The van der Waals surface area contributed by atoms with E-state index < -0.39 is 5.97 Å². The Morgan fingerprint density at radius 2 is 2.06 bits per heavy atom. The van der Waals surface area contributed by atoms with Gasteiger partial charge in [0.05, 0.1) is 5.69 Å². The lowest BCUT2D eigenvalue weighted by molar-refractivity contribution is 0.0686. The summed E-state index contributed by atoms with van der Waals surface area (Å²) in [5, 5.41) is 9.40. The molecule has 1 N–H and O–H groups in total. The van der Waals surface area contributed by atoms with Gasteiger partial charge in [0.15, 0.2) is 5.69 Å². The molecule has 96 valence electrons. The molecule has 0 aliphatic rings. The topological polar surface area (TPSA) is 54.6 Å². The number of halogens is 1. The Hall–Kier alpha value is -1.36. The van der Waals surface area contributed by atoms with Crippen molar-refractivity contribution in [1.82, 2.24) is 9.38 Å².